The summed E-state index contributed by atoms with van der Waals surface area (Å²) < 4.78 is 0. The second kappa shape index (κ2) is 7.63. The van der Waals surface area contributed by atoms with Gasteiger partial charge in [-0.15, -0.1) is 11.3 Å². The van der Waals surface area contributed by atoms with E-state index in [-0.39, 0.29) is 11.6 Å². The summed E-state index contributed by atoms with van der Waals surface area (Å²) in [5.74, 6) is 0.392. The largest absolute Gasteiger partial charge is 0.338 e. The predicted octanol–water partition coefficient (Wildman–Crippen LogP) is 5.64. The average molecular weight is 433 g/mol. The Balaban J connectivity index is 1.59. The van der Waals surface area contributed by atoms with Crippen molar-refractivity contribution in [1.82, 2.24) is 9.97 Å². The molecular weight excluding hydrogens is 412 g/mol. The van der Waals surface area contributed by atoms with Crippen LogP contribution >= 0.6 is 11.3 Å². The zero-order chi connectivity index (χ0) is 21.5. The number of amides is 1. The molecule has 4 aromatic rings. The summed E-state index contributed by atoms with van der Waals surface area (Å²) in [4.78, 5) is 33.4. The molecule has 2 N–H and O–H groups in total. The van der Waals surface area contributed by atoms with Crippen LogP contribution in [0.3, 0.4) is 0 Å². The minimum Gasteiger partial charge on any atom is -0.338 e. The Morgan fingerprint density at radius 2 is 1.97 bits per heavy atom. The number of carbonyl (C=O) groups is 1. The van der Waals surface area contributed by atoms with Crippen LogP contribution in [0.25, 0.3) is 22.4 Å². The Bertz CT molecular complexity index is 1310. The molecule has 0 saturated carbocycles. The number of thiophene rings is 1. The molecule has 2 aromatic heterocycles. The molecule has 0 spiro atoms. The van der Waals surface area contributed by atoms with E-state index in [0.29, 0.717) is 11.1 Å². The van der Waals surface area contributed by atoms with Gasteiger partial charge in [-0.3, -0.25) is 14.9 Å². The third-order valence-corrected chi connectivity index (χ3v) is 6.98. The van der Waals surface area contributed by atoms with Gasteiger partial charge in [0, 0.05) is 22.1 Å². The van der Waals surface area contributed by atoms with Gasteiger partial charge in [-0.05, 0) is 56.4 Å². The summed E-state index contributed by atoms with van der Waals surface area (Å²) in [7, 11) is 0. The number of nitro groups is 1. The lowest BCUT2D eigenvalue weighted by Gasteiger charge is -2.12. The smallest absolute Gasteiger partial charge is 0.273 e. The van der Waals surface area contributed by atoms with Gasteiger partial charge < -0.3 is 10.3 Å². The van der Waals surface area contributed by atoms with Gasteiger partial charge in [0.25, 0.3) is 11.6 Å². The van der Waals surface area contributed by atoms with Crippen molar-refractivity contribution in [3.8, 4) is 11.4 Å². The fourth-order valence-corrected chi connectivity index (χ4v) is 5.50. The van der Waals surface area contributed by atoms with Crippen LogP contribution in [0.1, 0.15) is 39.2 Å². The Morgan fingerprint density at radius 1 is 1.16 bits per heavy atom. The quantitative estimate of drug-likeness (QED) is 0.322. The molecular formula is C23H20N4O3S. The Hall–Kier alpha value is -3.52. The number of nitrogens with zero attached hydrogens (tertiary/aromatic N) is 2. The van der Waals surface area contributed by atoms with E-state index in [1.807, 2.05) is 24.3 Å². The van der Waals surface area contributed by atoms with Crippen molar-refractivity contribution < 1.29 is 9.72 Å². The first-order valence-electron chi connectivity index (χ1n) is 10.2. The molecule has 2 aromatic carbocycles. The van der Waals surface area contributed by atoms with Gasteiger partial charge in [0.05, 0.1) is 21.5 Å². The molecule has 1 aliphatic rings. The minimum absolute atomic E-state index is 0.0596. The van der Waals surface area contributed by atoms with Crippen molar-refractivity contribution in [2.75, 3.05) is 5.32 Å². The third kappa shape index (κ3) is 3.38. The van der Waals surface area contributed by atoms with Crippen LogP contribution in [0.15, 0.2) is 42.5 Å². The van der Waals surface area contributed by atoms with Crippen molar-refractivity contribution in [2.24, 2.45) is 0 Å². The van der Waals surface area contributed by atoms with E-state index in [4.69, 9.17) is 4.98 Å². The molecule has 1 amide bonds. The van der Waals surface area contributed by atoms with Gasteiger partial charge >= 0.3 is 0 Å². The first-order valence-corrected chi connectivity index (χ1v) is 11.0. The van der Waals surface area contributed by atoms with Crippen molar-refractivity contribution in [3.05, 3.63) is 74.1 Å². The van der Waals surface area contributed by atoms with Crippen molar-refractivity contribution in [1.29, 1.82) is 0 Å². The number of H-pyrrole nitrogens is 1. The molecule has 0 aliphatic heterocycles. The highest BCUT2D eigenvalue weighted by Crippen LogP contribution is 2.44. The maximum atomic E-state index is 13.1. The van der Waals surface area contributed by atoms with Crippen LogP contribution < -0.4 is 5.32 Å². The van der Waals surface area contributed by atoms with Gasteiger partial charge in [-0.2, -0.15) is 0 Å². The predicted molar refractivity (Wildman–Crippen MR) is 122 cm³/mol. The Labute approximate surface area is 182 Å². The van der Waals surface area contributed by atoms with Crippen molar-refractivity contribution >= 4 is 39.0 Å². The SMILES string of the molecule is Cc1c(C(=O)Nc2sc3c(c2-c2nc4ccccc4[nH]2)CCCC3)cccc1[N+](=O)[O-]. The van der Waals surface area contributed by atoms with Crippen LogP contribution in [0.2, 0.25) is 0 Å². The van der Waals surface area contributed by atoms with Crippen LogP contribution in [-0.2, 0) is 12.8 Å². The number of nitrogens with one attached hydrogen (secondary N) is 2. The molecule has 7 nitrogen and oxygen atoms in total. The molecule has 0 radical (unpaired) electrons. The molecule has 0 saturated heterocycles. The molecule has 1 aliphatic carbocycles. The zero-order valence-electron chi connectivity index (χ0n) is 16.9. The first kappa shape index (κ1) is 19.4. The lowest BCUT2D eigenvalue weighted by Crippen LogP contribution is -2.14. The molecule has 5 rings (SSSR count). The summed E-state index contributed by atoms with van der Waals surface area (Å²) in [6.45, 7) is 1.60. The van der Waals surface area contributed by atoms with E-state index < -0.39 is 4.92 Å². The lowest BCUT2D eigenvalue weighted by molar-refractivity contribution is -0.385. The van der Waals surface area contributed by atoms with Gasteiger partial charge in [-0.1, -0.05) is 18.2 Å². The number of para-hydroxylation sites is 2. The van der Waals surface area contributed by atoms with E-state index in [0.717, 1.165) is 53.1 Å². The van der Waals surface area contributed by atoms with E-state index in [9.17, 15) is 14.9 Å². The number of anilines is 1. The normalized spacial score (nSPS) is 13.2. The molecule has 0 fully saturated rings. The zero-order valence-corrected chi connectivity index (χ0v) is 17.7. The minimum atomic E-state index is -0.463. The van der Waals surface area contributed by atoms with E-state index in [1.54, 1.807) is 30.4 Å². The summed E-state index contributed by atoms with van der Waals surface area (Å²) in [5.41, 5.74) is 4.59. The fourth-order valence-electron chi connectivity index (χ4n) is 4.21. The first-order chi connectivity index (χ1) is 15.0. The number of rotatable bonds is 4. The van der Waals surface area contributed by atoms with Gasteiger partial charge in [0.2, 0.25) is 0 Å². The van der Waals surface area contributed by atoms with E-state index in [1.165, 1.54) is 16.5 Å². The number of aromatic nitrogens is 2. The Morgan fingerprint density at radius 3 is 2.77 bits per heavy atom. The van der Waals surface area contributed by atoms with Gasteiger partial charge in [0.1, 0.15) is 10.8 Å². The van der Waals surface area contributed by atoms with E-state index in [2.05, 4.69) is 10.3 Å². The lowest BCUT2D eigenvalue weighted by atomic mass is 9.95. The van der Waals surface area contributed by atoms with Crippen molar-refractivity contribution in [2.45, 2.75) is 32.6 Å². The number of hydrogen-bond donors (Lipinski definition) is 2. The molecule has 0 atom stereocenters. The topological polar surface area (TPSA) is 101 Å². The van der Waals surface area contributed by atoms with E-state index >= 15 is 0 Å². The number of aromatic amines is 1. The number of aryl methyl sites for hydroxylation is 1. The third-order valence-electron chi connectivity index (χ3n) is 5.77. The van der Waals surface area contributed by atoms with Crippen molar-refractivity contribution in [3.63, 3.8) is 0 Å². The monoisotopic (exact) mass is 432 g/mol. The summed E-state index contributed by atoms with van der Waals surface area (Å²) >= 11 is 1.58. The average Bonchev–Trinajstić information content (AvgIpc) is 3.33. The molecule has 156 valence electrons. The van der Waals surface area contributed by atoms with Crippen LogP contribution in [0, 0.1) is 17.0 Å². The highest BCUT2D eigenvalue weighted by atomic mass is 32.1. The van der Waals surface area contributed by atoms with Crippen LogP contribution in [0.4, 0.5) is 10.7 Å². The maximum absolute atomic E-state index is 13.1. The van der Waals surface area contributed by atoms with Crippen LogP contribution in [-0.4, -0.2) is 20.8 Å². The fraction of sp³-hybridized carbons (Fsp3) is 0.217. The molecule has 31 heavy (non-hydrogen) atoms. The number of fused-ring (bicyclic) bond motifs is 2. The second-order valence-electron chi connectivity index (χ2n) is 7.68. The number of imidazole rings is 1. The maximum Gasteiger partial charge on any atom is 0.273 e. The van der Waals surface area contributed by atoms with Gasteiger partial charge in [-0.25, -0.2) is 4.98 Å². The summed E-state index contributed by atoms with van der Waals surface area (Å²) in [6.07, 6.45) is 4.17. The summed E-state index contributed by atoms with van der Waals surface area (Å²) in [5, 5.41) is 15.0. The molecule has 2 heterocycles. The number of nitro benzene ring substituents is 1. The molecule has 8 heteroatoms. The van der Waals surface area contributed by atoms with Crippen LogP contribution in [0.5, 0.6) is 0 Å². The number of carbonyl (C=O) groups excluding carboxylic acids is 1. The van der Waals surface area contributed by atoms with Gasteiger partial charge in [0.15, 0.2) is 0 Å². The molecule has 0 unspecified atom stereocenters. The standard InChI is InChI=1S/C23H20N4O3S/c1-13-14(8-6-11-18(13)27(29)30)22(28)26-23-20(15-7-2-5-12-19(15)31-23)21-24-16-9-3-4-10-17(16)25-21/h3-4,6,8-11H,2,5,7,12H2,1H3,(H,24,25)(H,26,28). The number of benzene rings is 2. The molecule has 0 bridgehead atoms. The highest BCUT2D eigenvalue weighted by molar-refractivity contribution is 7.17. The second-order valence-corrected chi connectivity index (χ2v) is 8.78. The Kier molecular flexibility index (Phi) is 4.78. The summed E-state index contributed by atoms with van der Waals surface area (Å²) in [6, 6.07) is 12.4. The highest BCUT2D eigenvalue weighted by Gasteiger charge is 2.26. The number of hydrogen-bond acceptors (Lipinski definition) is 5.